The van der Waals surface area contributed by atoms with Gasteiger partial charge in [-0.15, -0.1) is 0 Å². The highest BCUT2D eigenvalue weighted by Gasteiger charge is 2.36. The summed E-state index contributed by atoms with van der Waals surface area (Å²) in [6.45, 7) is -0.358. The quantitative estimate of drug-likeness (QED) is 0.667. The molecule has 0 amide bonds. The Hall–Kier alpha value is -1.63. The SMILES string of the molecule is OCC1OC(c2ccc(Cl)c(Cc3ccc(O)cc3)c2)CC(O)C1O. The Bertz CT molecular complexity index is 718. The molecule has 6 heteroatoms. The third kappa shape index (κ3) is 4.14. The van der Waals surface area contributed by atoms with Crippen molar-refractivity contribution < 1.29 is 25.2 Å². The van der Waals surface area contributed by atoms with Gasteiger partial charge in [-0.25, -0.2) is 0 Å². The number of phenols is 1. The molecule has 1 saturated heterocycles. The van der Waals surface area contributed by atoms with Crippen molar-refractivity contribution >= 4 is 11.6 Å². The number of phenolic OH excluding ortho intramolecular Hbond substituents is 1. The number of benzene rings is 2. The largest absolute Gasteiger partial charge is 0.508 e. The van der Waals surface area contributed by atoms with Gasteiger partial charge in [-0.1, -0.05) is 35.9 Å². The highest BCUT2D eigenvalue weighted by atomic mass is 35.5. The molecule has 25 heavy (non-hydrogen) atoms. The van der Waals surface area contributed by atoms with Crippen LogP contribution >= 0.6 is 11.6 Å². The lowest BCUT2D eigenvalue weighted by Crippen LogP contribution is -2.47. The van der Waals surface area contributed by atoms with Gasteiger partial charge < -0.3 is 25.2 Å². The first kappa shape index (κ1) is 18.2. The van der Waals surface area contributed by atoms with E-state index in [9.17, 15) is 20.4 Å². The lowest BCUT2D eigenvalue weighted by Gasteiger charge is -2.36. The lowest BCUT2D eigenvalue weighted by atomic mass is 9.92. The fourth-order valence-electron chi connectivity index (χ4n) is 3.08. The van der Waals surface area contributed by atoms with E-state index < -0.39 is 24.4 Å². The fraction of sp³-hybridized carbons (Fsp3) is 0.368. The summed E-state index contributed by atoms with van der Waals surface area (Å²) in [7, 11) is 0. The van der Waals surface area contributed by atoms with Gasteiger partial charge in [-0.2, -0.15) is 0 Å². The van der Waals surface area contributed by atoms with Crippen LogP contribution in [0.25, 0.3) is 0 Å². The summed E-state index contributed by atoms with van der Waals surface area (Å²) < 4.78 is 5.73. The van der Waals surface area contributed by atoms with Crippen molar-refractivity contribution in [3.05, 3.63) is 64.2 Å². The normalized spacial score (nSPS) is 26.6. The second-order valence-electron chi connectivity index (χ2n) is 6.33. The molecular formula is C19H21ClO5. The molecule has 134 valence electrons. The molecule has 1 heterocycles. The molecule has 4 unspecified atom stereocenters. The molecule has 0 aliphatic carbocycles. The van der Waals surface area contributed by atoms with Gasteiger partial charge in [0.25, 0.3) is 0 Å². The van der Waals surface area contributed by atoms with Crippen molar-refractivity contribution in [2.75, 3.05) is 6.61 Å². The molecule has 2 aromatic rings. The zero-order chi connectivity index (χ0) is 18.0. The van der Waals surface area contributed by atoms with Crippen LogP contribution in [0.4, 0.5) is 0 Å². The summed E-state index contributed by atoms with van der Waals surface area (Å²) in [4.78, 5) is 0. The minimum absolute atomic E-state index is 0.210. The van der Waals surface area contributed by atoms with Gasteiger partial charge in [0, 0.05) is 11.4 Å². The summed E-state index contributed by atoms with van der Waals surface area (Å²) in [5.41, 5.74) is 2.74. The van der Waals surface area contributed by atoms with E-state index in [1.807, 2.05) is 24.3 Å². The molecule has 0 aromatic heterocycles. The molecule has 2 aromatic carbocycles. The van der Waals surface area contributed by atoms with Crippen molar-refractivity contribution in [3.8, 4) is 5.75 Å². The summed E-state index contributed by atoms with van der Waals surface area (Å²) in [6.07, 6.45) is -2.44. The van der Waals surface area contributed by atoms with Crippen LogP contribution in [0.5, 0.6) is 5.75 Å². The third-order valence-electron chi connectivity index (χ3n) is 4.52. The van der Waals surface area contributed by atoms with Crippen LogP contribution in [-0.4, -0.2) is 45.3 Å². The molecule has 4 N–H and O–H groups in total. The van der Waals surface area contributed by atoms with Gasteiger partial charge >= 0.3 is 0 Å². The van der Waals surface area contributed by atoms with Crippen LogP contribution in [-0.2, 0) is 11.2 Å². The van der Waals surface area contributed by atoms with E-state index in [2.05, 4.69) is 0 Å². The average molecular weight is 365 g/mol. The predicted octanol–water partition coefficient (Wildman–Crippen LogP) is 2.18. The number of hydrogen-bond donors (Lipinski definition) is 4. The van der Waals surface area contributed by atoms with E-state index in [1.165, 1.54) is 0 Å². The van der Waals surface area contributed by atoms with Crippen LogP contribution in [0.1, 0.15) is 29.2 Å². The van der Waals surface area contributed by atoms with E-state index in [0.717, 1.165) is 16.7 Å². The smallest absolute Gasteiger partial charge is 0.115 e. The van der Waals surface area contributed by atoms with Gasteiger partial charge in [0.2, 0.25) is 0 Å². The second-order valence-corrected chi connectivity index (χ2v) is 6.74. The lowest BCUT2D eigenvalue weighted by molar-refractivity contribution is -0.181. The maximum Gasteiger partial charge on any atom is 0.115 e. The molecule has 0 radical (unpaired) electrons. The number of aliphatic hydroxyl groups is 3. The Kier molecular flexibility index (Phi) is 5.61. The van der Waals surface area contributed by atoms with Crippen LogP contribution in [0.3, 0.4) is 0 Å². The van der Waals surface area contributed by atoms with E-state index >= 15 is 0 Å². The summed E-state index contributed by atoms with van der Waals surface area (Å²) in [5.74, 6) is 0.210. The zero-order valence-corrected chi connectivity index (χ0v) is 14.3. The number of hydrogen-bond acceptors (Lipinski definition) is 5. The first-order chi connectivity index (χ1) is 12.0. The Morgan fingerprint density at radius 1 is 1.08 bits per heavy atom. The maximum atomic E-state index is 10.0. The first-order valence-electron chi connectivity index (χ1n) is 8.16. The van der Waals surface area contributed by atoms with Crippen LogP contribution in [0.15, 0.2) is 42.5 Å². The van der Waals surface area contributed by atoms with Gasteiger partial charge in [0.05, 0.1) is 18.8 Å². The molecule has 1 aliphatic rings. The highest BCUT2D eigenvalue weighted by Crippen LogP contribution is 2.34. The van der Waals surface area contributed by atoms with Gasteiger partial charge in [-0.05, 0) is 41.3 Å². The van der Waals surface area contributed by atoms with Crippen molar-refractivity contribution in [1.29, 1.82) is 0 Å². The van der Waals surface area contributed by atoms with Gasteiger partial charge in [-0.3, -0.25) is 0 Å². The molecule has 0 bridgehead atoms. The standard InChI is InChI=1S/C19H21ClO5/c20-15-6-3-12(17-9-16(23)19(24)18(10-21)25-17)8-13(15)7-11-1-4-14(22)5-2-11/h1-6,8,16-19,21-24H,7,9-10H2. The number of aromatic hydroxyl groups is 1. The van der Waals surface area contributed by atoms with Crippen molar-refractivity contribution in [2.24, 2.45) is 0 Å². The van der Waals surface area contributed by atoms with Gasteiger partial charge in [0.15, 0.2) is 0 Å². The van der Waals surface area contributed by atoms with Crippen molar-refractivity contribution in [3.63, 3.8) is 0 Å². The third-order valence-corrected chi connectivity index (χ3v) is 4.89. The summed E-state index contributed by atoms with van der Waals surface area (Å²) in [5, 5.41) is 39.2. The van der Waals surface area contributed by atoms with Crippen LogP contribution < -0.4 is 0 Å². The fourth-order valence-corrected chi connectivity index (χ4v) is 3.27. The highest BCUT2D eigenvalue weighted by molar-refractivity contribution is 6.31. The molecule has 0 spiro atoms. The molecule has 1 fully saturated rings. The molecule has 0 saturated carbocycles. The average Bonchev–Trinajstić information content (AvgIpc) is 2.61. The Morgan fingerprint density at radius 2 is 1.80 bits per heavy atom. The Morgan fingerprint density at radius 3 is 2.48 bits per heavy atom. The van der Waals surface area contributed by atoms with Crippen LogP contribution in [0, 0.1) is 0 Å². The summed E-state index contributed by atoms with van der Waals surface area (Å²) >= 11 is 6.30. The van der Waals surface area contributed by atoms with Crippen molar-refractivity contribution in [1.82, 2.24) is 0 Å². The first-order valence-corrected chi connectivity index (χ1v) is 8.54. The topological polar surface area (TPSA) is 90.2 Å². The number of ether oxygens (including phenoxy) is 1. The Labute approximate surface area is 151 Å². The molecule has 5 nitrogen and oxygen atoms in total. The van der Waals surface area contributed by atoms with E-state index in [4.69, 9.17) is 16.3 Å². The monoisotopic (exact) mass is 364 g/mol. The second kappa shape index (κ2) is 7.72. The number of aliphatic hydroxyl groups excluding tert-OH is 3. The van der Waals surface area contributed by atoms with Gasteiger partial charge in [0.1, 0.15) is 18.0 Å². The minimum Gasteiger partial charge on any atom is -0.508 e. The number of halogens is 1. The summed E-state index contributed by atoms with van der Waals surface area (Å²) in [6, 6.07) is 12.4. The van der Waals surface area contributed by atoms with E-state index in [1.54, 1.807) is 18.2 Å². The molecule has 4 atom stereocenters. The van der Waals surface area contributed by atoms with Crippen molar-refractivity contribution in [2.45, 2.75) is 37.3 Å². The molecular weight excluding hydrogens is 344 g/mol. The van der Waals surface area contributed by atoms with E-state index in [-0.39, 0.29) is 18.8 Å². The molecule has 3 rings (SSSR count). The number of rotatable bonds is 4. The molecule has 1 aliphatic heterocycles. The van der Waals surface area contributed by atoms with E-state index in [0.29, 0.717) is 11.4 Å². The Balaban J connectivity index is 1.82. The maximum absolute atomic E-state index is 10.0. The predicted molar refractivity (Wildman–Crippen MR) is 93.7 cm³/mol. The minimum atomic E-state index is -1.09. The zero-order valence-electron chi connectivity index (χ0n) is 13.5. The van der Waals surface area contributed by atoms with Crippen LogP contribution in [0.2, 0.25) is 5.02 Å².